The third-order valence-corrected chi connectivity index (χ3v) is 2.77. The Hall–Kier alpha value is -2.40. The predicted molar refractivity (Wildman–Crippen MR) is 75.3 cm³/mol. The van der Waals surface area contributed by atoms with E-state index in [1.54, 1.807) is 18.2 Å². The van der Waals surface area contributed by atoms with Gasteiger partial charge in [0.05, 0.1) is 5.56 Å². The number of hydrogen-bond acceptors (Lipinski definition) is 3. The molecule has 0 unspecified atom stereocenters. The molecule has 1 amide bonds. The highest BCUT2D eigenvalue weighted by molar-refractivity contribution is 6.31. The molecule has 5 nitrogen and oxygen atoms in total. The summed E-state index contributed by atoms with van der Waals surface area (Å²) in [4.78, 5) is 26.6. The number of carbonyl (C=O) groups excluding carboxylic acids is 1. The first-order valence-electron chi connectivity index (χ1n) is 5.73. The molecule has 2 aromatic rings. The lowest BCUT2D eigenvalue weighted by Gasteiger charge is -2.06. The number of anilines is 1. The molecular weight excluding hydrogens is 280 g/mol. The molecule has 1 aromatic carbocycles. The summed E-state index contributed by atoms with van der Waals surface area (Å²) in [5.74, 6) is -1.15. The minimum Gasteiger partial charge on any atom is -0.478 e. The van der Waals surface area contributed by atoms with Crippen LogP contribution in [0.4, 0.5) is 5.82 Å². The van der Waals surface area contributed by atoms with Crippen molar-refractivity contribution in [3.05, 3.63) is 58.2 Å². The molecule has 0 fully saturated rings. The third-order valence-electron chi connectivity index (χ3n) is 2.56. The van der Waals surface area contributed by atoms with Gasteiger partial charge in [-0.25, -0.2) is 9.78 Å². The number of amides is 1. The lowest BCUT2D eigenvalue weighted by Crippen LogP contribution is -2.13. The number of carbonyl (C=O) groups is 2. The van der Waals surface area contributed by atoms with E-state index in [1.807, 2.05) is 6.92 Å². The molecule has 6 heteroatoms. The summed E-state index contributed by atoms with van der Waals surface area (Å²) in [6.07, 6.45) is 1.18. The number of aryl methyl sites for hydroxylation is 1. The molecule has 0 aliphatic carbocycles. The second-order valence-corrected chi connectivity index (χ2v) is 4.65. The molecule has 1 heterocycles. The van der Waals surface area contributed by atoms with E-state index >= 15 is 0 Å². The molecule has 0 saturated heterocycles. The molecule has 0 atom stereocenters. The van der Waals surface area contributed by atoms with Crippen molar-refractivity contribution in [3.63, 3.8) is 0 Å². The molecule has 2 rings (SSSR count). The van der Waals surface area contributed by atoms with Crippen LogP contribution in [-0.2, 0) is 0 Å². The molecule has 0 spiro atoms. The number of rotatable bonds is 3. The zero-order chi connectivity index (χ0) is 14.7. The van der Waals surface area contributed by atoms with Gasteiger partial charge in [0.15, 0.2) is 0 Å². The zero-order valence-corrected chi connectivity index (χ0v) is 11.3. The van der Waals surface area contributed by atoms with Gasteiger partial charge in [-0.3, -0.25) is 4.79 Å². The number of carboxylic acids is 1. The Morgan fingerprint density at radius 2 is 1.95 bits per heavy atom. The van der Waals surface area contributed by atoms with E-state index in [4.69, 9.17) is 16.7 Å². The summed E-state index contributed by atoms with van der Waals surface area (Å²) in [7, 11) is 0. The highest BCUT2D eigenvalue weighted by Crippen LogP contribution is 2.16. The Morgan fingerprint density at radius 3 is 2.50 bits per heavy atom. The highest BCUT2D eigenvalue weighted by atomic mass is 35.5. The van der Waals surface area contributed by atoms with E-state index in [2.05, 4.69) is 10.3 Å². The minimum atomic E-state index is -1.07. The van der Waals surface area contributed by atoms with Gasteiger partial charge in [0.1, 0.15) is 5.82 Å². The molecule has 2 N–H and O–H groups in total. The average Bonchev–Trinajstić information content (AvgIpc) is 2.38. The molecule has 1 aromatic heterocycles. The normalized spacial score (nSPS) is 10.1. The number of nitrogens with zero attached hydrogens (tertiary/aromatic N) is 1. The lowest BCUT2D eigenvalue weighted by atomic mass is 10.1. The maximum atomic E-state index is 12.0. The summed E-state index contributed by atoms with van der Waals surface area (Å²) in [5.41, 5.74) is 1.34. The average molecular weight is 291 g/mol. The fourth-order valence-electron chi connectivity index (χ4n) is 1.65. The first-order chi connectivity index (χ1) is 9.45. The van der Waals surface area contributed by atoms with Gasteiger partial charge in [-0.2, -0.15) is 0 Å². The van der Waals surface area contributed by atoms with E-state index in [0.717, 1.165) is 5.56 Å². The second kappa shape index (κ2) is 5.71. The molecule has 0 aliphatic rings. The van der Waals surface area contributed by atoms with E-state index in [-0.39, 0.29) is 17.3 Å². The van der Waals surface area contributed by atoms with Gasteiger partial charge in [-0.1, -0.05) is 11.6 Å². The molecule has 0 radical (unpaired) electrons. The third kappa shape index (κ3) is 3.33. The van der Waals surface area contributed by atoms with Crippen LogP contribution in [0.25, 0.3) is 0 Å². The number of nitrogens with one attached hydrogen (secondary N) is 1. The molecule has 102 valence electrons. The van der Waals surface area contributed by atoms with Crippen LogP contribution >= 0.6 is 11.6 Å². The molecule has 0 saturated carbocycles. The highest BCUT2D eigenvalue weighted by Gasteiger charge is 2.09. The number of pyridine rings is 1. The fourth-order valence-corrected chi connectivity index (χ4v) is 1.94. The standard InChI is InChI=1S/C14H11ClN2O3/c1-8-4-10(6-11(15)5-8)13(18)17-12-3-2-9(7-16-12)14(19)20/h2-7H,1H3,(H,19,20)(H,16,17,18). The Labute approximate surface area is 120 Å². The van der Waals surface area contributed by atoms with Crippen molar-refractivity contribution in [1.29, 1.82) is 0 Å². The number of benzene rings is 1. The topological polar surface area (TPSA) is 79.3 Å². The van der Waals surface area contributed by atoms with Crippen molar-refractivity contribution in [2.75, 3.05) is 5.32 Å². The molecular formula is C14H11ClN2O3. The van der Waals surface area contributed by atoms with E-state index in [0.29, 0.717) is 10.6 Å². The van der Waals surface area contributed by atoms with Crippen LogP contribution in [0.5, 0.6) is 0 Å². The van der Waals surface area contributed by atoms with Crippen LogP contribution in [0.1, 0.15) is 26.3 Å². The van der Waals surface area contributed by atoms with E-state index in [9.17, 15) is 9.59 Å². The first-order valence-corrected chi connectivity index (χ1v) is 6.11. The van der Waals surface area contributed by atoms with Crippen LogP contribution in [0.15, 0.2) is 36.5 Å². The number of halogens is 1. The van der Waals surface area contributed by atoms with Gasteiger partial charge in [-0.15, -0.1) is 0 Å². The van der Waals surface area contributed by atoms with Crippen molar-refractivity contribution in [3.8, 4) is 0 Å². The van der Waals surface area contributed by atoms with Gasteiger partial charge >= 0.3 is 5.97 Å². The number of carboxylic acid groups (broad SMARTS) is 1. The second-order valence-electron chi connectivity index (χ2n) is 4.21. The van der Waals surface area contributed by atoms with Crippen molar-refractivity contribution >= 4 is 29.3 Å². The van der Waals surface area contributed by atoms with Crippen molar-refractivity contribution in [2.24, 2.45) is 0 Å². The molecule has 20 heavy (non-hydrogen) atoms. The SMILES string of the molecule is Cc1cc(Cl)cc(C(=O)Nc2ccc(C(=O)O)cn2)c1. The van der Waals surface area contributed by atoms with Crippen molar-refractivity contribution in [2.45, 2.75) is 6.92 Å². The smallest absolute Gasteiger partial charge is 0.337 e. The predicted octanol–water partition coefficient (Wildman–Crippen LogP) is 2.99. The Bertz CT molecular complexity index is 648. The van der Waals surface area contributed by atoms with E-state index in [1.165, 1.54) is 18.3 Å². The zero-order valence-electron chi connectivity index (χ0n) is 10.6. The number of hydrogen-bond donors (Lipinski definition) is 2. The van der Waals surface area contributed by atoms with Gasteiger partial charge in [0.25, 0.3) is 5.91 Å². The van der Waals surface area contributed by atoms with Crippen molar-refractivity contribution < 1.29 is 14.7 Å². The van der Waals surface area contributed by atoms with Crippen LogP contribution in [0.2, 0.25) is 5.02 Å². The van der Waals surface area contributed by atoms with Gasteiger partial charge in [-0.05, 0) is 42.8 Å². The Kier molecular flexibility index (Phi) is 4.00. The van der Waals surface area contributed by atoms with Crippen LogP contribution in [0, 0.1) is 6.92 Å². The van der Waals surface area contributed by atoms with Gasteiger partial charge in [0, 0.05) is 16.8 Å². The summed E-state index contributed by atoms with van der Waals surface area (Å²) < 4.78 is 0. The largest absolute Gasteiger partial charge is 0.478 e. The minimum absolute atomic E-state index is 0.0570. The summed E-state index contributed by atoms with van der Waals surface area (Å²) in [6.45, 7) is 1.84. The maximum Gasteiger partial charge on any atom is 0.337 e. The number of aromatic nitrogens is 1. The van der Waals surface area contributed by atoms with Crippen LogP contribution in [-0.4, -0.2) is 22.0 Å². The van der Waals surface area contributed by atoms with Gasteiger partial charge in [0.2, 0.25) is 0 Å². The fraction of sp³-hybridized carbons (Fsp3) is 0.0714. The maximum absolute atomic E-state index is 12.0. The van der Waals surface area contributed by atoms with Crippen LogP contribution < -0.4 is 5.32 Å². The number of aromatic carboxylic acids is 1. The summed E-state index contributed by atoms with van der Waals surface area (Å²) >= 11 is 5.89. The Balaban J connectivity index is 2.16. The van der Waals surface area contributed by atoms with Crippen LogP contribution in [0.3, 0.4) is 0 Å². The monoisotopic (exact) mass is 290 g/mol. The van der Waals surface area contributed by atoms with Crippen molar-refractivity contribution in [1.82, 2.24) is 4.98 Å². The first kappa shape index (κ1) is 14.0. The van der Waals surface area contributed by atoms with Gasteiger partial charge < -0.3 is 10.4 Å². The summed E-state index contributed by atoms with van der Waals surface area (Å²) in [6, 6.07) is 7.80. The van der Waals surface area contributed by atoms with E-state index < -0.39 is 5.97 Å². The quantitative estimate of drug-likeness (QED) is 0.911. The Morgan fingerprint density at radius 1 is 1.20 bits per heavy atom. The molecule has 0 aliphatic heterocycles. The lowest BCUT2D eigenvalue weighted by molar-refractivity contribution is 0.0696. The molecule has 0 bridgehead atoms. The summed E-state index contributed by atoms with van der Waals surface area (Å²) in [5, 5.41) is 11.8.